The number of amides is 1. The topological polar surface area (TPSA) is 83.8 Å². The first-order valence-electron chi connectivity index (χ1n) is 6.68. The smallest absolute Gasteiger partial charge is 0.229 e. The summed E-state index contributed by atoms with van der Waals surface area (Å²) in [5, 5.41) is 9.84. The fourth-order valence-corrected chi connectivity index (χ4v) is 2.14. The maximum absolute atomic E-state index is 12.3. The van der Waals surface area contributed by atoms with Gasteiger partial charge in [0, 0.05) is 6.54 Å². The number of carbonyl (C=O) groups is 1. The Balaban J connectivity index is 2.06. The number of hydrogen-bond donors (Lipinski definition) is 3. The van der Waals surface area contributed by atoms with E-state index in [1.54, 1.807) is 0 Å². The van der Waals surface area contributed by atoms with Gasteiger partial charge in [0.25, 0.3) is 0 Å². The van der Waals surface area contributed by atoms with Gasteiger partial charge in [-0.15, -0.1) is 0 Å². The zero-order chi connectivity index (χ0) is 14.5. The number of nitrogens with one attached hydrogen (secondary N) is 2. The van der Waals surface area contributed by atoms with Gasteiger partial charge in [0.15, 0.2) is 0 Å². The SMILES string of the molecule is Cc1n[nH]c(C)c1NC(=O)C(CN)Cc1ccccc1. The summed E-state index contributed by atoms with van der Waals surface area (Å²) < 4.78 is 0. The van der Waals surface area contributed by atoms with Crippen molar-refractivity contribution in [2.75, 3.05) is 11.9 Å². The van der Waals surface area contributed by atoms with E-state index in [-0.39, 0.29) is 11.8 Å². The summed E-state index contributed by atoms with van der Waals surface area (Å²) in [6, 6.07) is 9.89. The van der Waals surface area contributed by atoms with Gasteiger partial charge in [-0.1, -0.05) is 30.3 Å². The second kappa shape index (κ2) is 6.34. The Labute approximate surface area is 118 Å². The highest BCUT2D eigenvalue weighted by atomic mass is 16.1. The zero-order valence-electron chi connectivity index (χ0n) is 11.8. The number of hydrogen-bond acceptors (Lipinski definition) is 3. The molecule has 0 fully saturated rings. The van der Waals surface area contributed by atoms with Crippen LogP contribution in [0.2, 0.25) is 0 Å². The Morgan fingerprint density at radius 1 is 1.35 bits per heavy atom. The largest absolute Gasteiger partial charge is 0.330 e. The molecule has 1 atom stereocenters. The Morgan fingerprint density at radius 2 is 2.05 bits per heavy atom. The number of nitrogens with two attached hydrogens (primary N) is 1. The van der Waals surface area contributed by atoms with E-state index in [2.05, 4.69) is 15.5 Å². The van der Waals surface area contributed by atoms with Gasteiger partial charge in [-0.3, -0.25) is 9.89 Å². The van der Waals surface area contributed by atoms with E-state index in [0.717, 1.165) is 22.6 Å². The van der Waals surface area contributed by atoms with Gasteiger partial charge in [-0.05, 0) is 25.8 Å². The molecule has 0 saturated carbocycles. The molecule has 1 aromatic carbocycles. The van der Waals surface area contributed by atoms with E-state index in [9.17, 15) is 4.79 Å². The highest BCUT2D eigenvalue weighted by Gasteiger charge is 2.19. The molecule has 0 bridgehead atoms. The van der Waals surface area contributed by atoms with Crippen molar-refractivity contribution >= 4 is 11.6 Å². The number of aromatic amines is 1. The standard InChI is InChI=1S/C15H20N4O/c1-10-14(11(2)19-18-10)17-15(20)13(9-16)8-12-6-4-3-5-7-12/h3-7,13H,8-9,16H2,1-2H3,(H,17,20)(H,18,19). The lowest BCUT2D eigenvalue weighted by Crippen LogP contribution is -2.31. The lowest BCUT2D eigenvalue weighted by atomic mass is 9.98. The molecule has 0 aliphatic heterocycles. The highest BCUT2D eigenvalue weighted by molar-refractivity contribution is 5.93. The van der Waals surface area contributed by atoms with Gasteiger partial charge in [-0.25, -0.2) is 0 Å². The van der Waals surface area contributed by atoms with E-state index in [0.29, 0.717) is 13.0 Å². The summed E-state index contributed by atoms with van der Waals surface area (Å²) in [6.07, 6.45) is 0.638. The fraction of sp³-hybridized carbons (Fsp3) is 0.333. The zero-order valence-corrected chi connectivity index (χ0v) is 11.8. The van der Waals surface area contributed by atoms with Gasteiger partial charge in [0.2, 0.25) is 5.91 Å². The quantitative estimate of drug-likeness (QED) is 0.775. The number of aromatic nitrogens is 2. The van der Waals surface area contributed by atoms with Crippen LogP contribution in [-0.2, 0) is 11.2 Å². The van der Waals surface area contributed by atoms with E-state index in [4.69, 9.17) is 5.73 Å². The Bertz CT molecular complexity index is 557. The van der Waals surface area contributed by atoms with Crippen LogP contribution in [0.25, 0.3) is 0 Å². The molecule has 5 nitrogen and oxygen atoms in total. The summed E-state index contributed by atoms with van der Waals surface area (Å²) >= 11 is 0. The molecule has 2 aromatic rings. The average Bonchev–Trinajstić information content (AvgIpc) is 2.77. The van der Waals surface area contributed by atoms with Crippen molar-refractivity contribution in [2.24, 2.45) is 11.7 Å². The van der Waals surface area contributed by atoms with Gasteiger partial charge >= 0.3 is 0 Å². The van der Waals surface area contributed by atoms with Crippen LogP contribution in [0.4, 0.5) is 5.69 Å². The number of carbonyl (C=O) groups excluding carboxylic acids is 1. The summed E-state index contributed by atoms with van der Waals surface area (Å²) in [5.74, 6) is -0.310. The molecule has 0 aliphatic rings. The van der Waals surface area contributed by atoms with Gasteiger partial charge in [-0.2, -0.15) is 5.10 Å². The third-order valence-corrected chi connectivity index (χ3v) is 3.36. The average molecular weight is 272 g/mol. The molecule has 4 N–H and O–H groups in total. The maximum atomic E-state index is 12.3. The molecule has 2 rings (SSSR count). The number of aryl methyl sites for hydroxylation is 2. The van der Waals surface area contributed by atoms with Crippen molar-refractivity contribution in [1.29, 1.82) is 0 Å². The second-order valence-electron chi connectivity index (χ2n) is 4.92. The summed E-state index contributed by atoms with van der Waals surface area (Å²) in [5.41, 5.74) is 9.24. The molecular weight excluding hydrogens is 252 g/mol. The molecule has 106 valence electrons. The Hall–Kier alpha value is -2.14. The fourth-order valence-electron chi connectivity index (χ4n) is 2.14. The van der Waals surface area contributed by atoms with Crippen molar-refractivity contribution in [2.45, 2.75) is 20.3 Å². The van der Waals surface area contributed by atoms with Crippen LogP contribution >= 0.6 is 0 Å². The van der Waals surface area contributed by atoms with Crippen LogP contribution in [0.15, 0.2) is 30.3 Å². The summed E-state index contributed by atoms with van der Waals surface area (Å²) in [7, 11) is 0. The number of nitrogens with zero attached hydrogens (tertiary/aromatic N) is 1. The summed E-state index contributed by atoms with van der Waals surface area (Å²) in [4.78, 5) is 12.3. The molecule has 1 aromatic heterocycles. The molecule has 1 unspecified atom stereocenters. The lowest BCUT2D eigenvalue weighted by Gasteiger charge is -2.15. The molecule has 1 amide bonds. The molecule has 0 spiro atoms. The van der Waals surface area contributed by atoms with Gasteiger partial charge < -0.3 is 11.1 Å². The first-order valence-corrected chi connectivity index (χ1v) is 6.68. The van der Waals surface area contributed by atoms with E-state index >= 15 is 0 Å². The van der Waals surface area contributed by atoms with Crippen molar-refractivity contribution in [3.05, 3.63) is 47.3 Å². The van der Waals surface area contributed by atoms with Gasteiger partial charge in [0.1, 0.15) is 0 Å². The van der Waals surface area contributed by atoms with Crippen molar-refractivity contribution in [1.82, 2.24) is 10.2 Å². The van der Waals surface area contributed by atoms with Crippen LogP contribution < -0.4 is 11.1 Å². The van der Waals surface area contributed by atoms with E-state index in [1.165, 1.54) is 0 Å². The monoisotopic (exact) mass is 272 g/mol. The molecule has 0 aliphatic carbocycles. The molecule has 1 heterocycles. The second-order valence-corrected chi connectivity index (χ2v) is 4.92. The molecular formula is C15H20N4O. The van der Waals surface area contributed by atoms with Crippen LogP contribution in [-0.4, -0.2) is 22.6 Å². The van der Waals surface area contributed by atoms with Crippen molar-refractivity contribution < 1.29 is 4.79 Å². The predicted molar refractivity (Wildman–Crippen MR) is 79.4 cm³/mol. The van der Waals surface area contributed by atoms with E-state index < -0.39 is 0 Å². The third kappa shape index (κ3) is 3.24. The number of H-pyrrole nitrogens is 1. The normalized spacial score (nSPS) is 12.2. The summed E-state index contributed by atoms with van der Waals surface area (Å²) in [6.45, 7) is 4.05. The Kier molecular flexibility index (Phi) is 4.53. The molecule has 5 heteroatoms. The maximum Gasteiger partial charge on any atom is 0.229 e. The van der Waals surface area contributed by atoms with Crippen LogP contribution in [0, 0.1) is 19.8 Å². The minimum Gasteiger partial charge on any atom is -0.330 e. The van der Waals surface area contributed by atoms with Gasteiger partial charge in [0.05, 0.1) is 23.0 Å². The minimum absolute atomic E-state index is 0.0658. The Morgan fingerprint density at radius 3 is 2.60 bits per heavy atom. The van der Waals surface area contributed by atoms with Crippen molar-refractivity contribution in [3.8, 4) is 0 Å². The first kappa shape index (κ1) is 14.3. The molecule has 0 radical (unpaired) electrons. The first-order chi connectivity index (χ1) is 9.61. The van der Waals surface area contributed by atoms with Crippen LogP contribution in [0.5, 0.6) is 0 Å². The molecule has 0 saturated heterocycles. The lowest BCUT2D eigenvalue weighted by molar-refractivity contribution is -0.119. The van der Waals surface area contributed by atoms with Crippen molar-refractivity contribution in [3.63, 3.8) is 0 Å². The number of anilines is 1. The highest BCUT2D eigenvalue weighted by Crippen LogP contribution is 2.18. The minimum atomic E-state index is -0.244. The van der Waals surface area contributed by atoms with Crippen LogP contribution in [0.3, 0.4) is 0 Å². The number of rotatable bonds is 5. The number of benzene rings is 1. The van der Waals surface area contributed by atoms with E-state index in [1.807, 2.05) is 44.2 Å². The predicted octanol–water partition coefficient (Wildman–Crippen LogP) is 1.78. The molecule has 20 heavy (non-hydrogen) atoms. The van der Waals surface area contributed by atoms with Crippen LogP contribution in [0.1, 0.15) is 17.0 Å². The third-order valence-electron chi connectivity index (χ3n) is 3.36.